The fourth-order valence-corrected chi connectivity index (χ4v) is 1.57. The summed E-state index contributed by atoms with van der Waals surface area (Å²) in [7, 11) is 1.48. The van der Waals surface area contributed by atoms with Gasteiger partial charge in [0.15, 0.2) is 0 Å². The van der Waals surface area contributed by atoms with Gasteiger partial charge in [-0.25, -0.2) is 0 Å². The van der Waals surface area contributed by atoms with E-state index < -0.39 is 5.97 Å². The van der Waals surface area contributed by atoms with Crippen molar-refractivity contribution in [2.24, 2.45) is 0 Å². The lowest BCUT2D eigenvalue weighted by Gasteiger charge is -2.14. The van der Waals surface area contributed by atoms with Crippen LogP contribution in [0.4, 0.5) is 0 Å². The summed E-state index contributed by atoms with van der Waals surface area (Å²) < 4.78 is 4.98. The monoisotopic (exact) mass is 240 g/mol. The lowest BCUT2D eigenvalue weighted by molar-refractivity contribution is -0.143. The Balaban J connectivity index is 2.51. The lowest BCUT2D eigenvalue weighted by atomic mass is 10.1. The summed E-state index contributed by atoms with van der Waals surface area (Å²) in [5.41, 5.74) is 1.69. The number of carboxylic acid groups (broad SMARTS) is 1. The molecule has 1 amide bonds. The minimum Gasteiger partial charge on any atom is -0.480 e. The molecule has 0 aliphatic carbocycles. The first-order valence-electron chi connectivity index (χ1n) is 5.29. The van der Waals surface area contributed by atoms with Gasteiger partial charge in [-0.1, -0.05) is 5.16 Å². The minimum atomic E-state index is -1.02. The van der Waals surface area contributed by atoms with Crippen LogP contribution in [-0.2, 0) is 16.0 Å². The number of aryl methyl sites for hydroxylation is 2. The van der Waals surface area contributed by atoms with Crippen LogP contribution in [0.3, 0.4) is 0 Å². The number of nitrogens with zero attached hydrogens (tertiary/aromatic N) is 2. The van der Waals surface area contributed by atoms with Gasteiger partial charge in [0.2, 0.25) is 5.91 Å². The van der Waals surface area contributed by atoms with Crippen molar-refractivity contribution in [3.63, 3.8) is 0 Å². The summed E-state index contributed by atoms with van der Waals surface area (Å²) in [4.78, 5) is 23.2. The zero-order chi connectivity index (χ0) is 13.0. The van der Waals surface area contributed by atoms with Crippen LogP contribution in [0, 0.1) is 13.8 Å². The SMILES string of the molecule is Cc1noc(C)c1CCC(=O)N(C)CC(=O)O. The van der Waals surface area contributed by atoms with Gasteiger partial charge in [-0.15, -0.1) is 0 Å². The number of rotatable bonds is 5. The molecule has 0 radical (unpaired) electrons. The van der Waals surface area contributed by atoms with Crippen molar-refractivity contribution in [1.29, 1.82) is 0 Å². The van der Waals surface area contributed by atoms with Crippen molar-refractivity contribution in [2.45, 2.75) is 26.7 Å². The molecular weight excluding hydrogens is 224 g/mol. The first kappa shape index (κ1) is 13.2. The third-order valence-electron chi connectivity index (χ3n) is 2.57. The maximum atomic E-state index is 11.6. The fraction of sp³-hybridized carbons (Fsp3) is 0.545. The quantitative estimate of drug-likeness (QED) is 0.821. The van der Waals surface area contributed by atoms with E-state index in [1.807, 2.05) is 6.92 Å². The zero-order valence-corrected chi connectivity index (χ0v) is 10.2. The highest BCUT2D eigenvalue weighted by molar-refractivity contribution is 5.81. The average molecular weight is 240 g/mol. The molecule has 0 unspecified atom stereocenters. The number of aliphatic carboxylic acids is 1. The average Bonchev–Trinajstić information content (AvgIpc) is 2.54. The van der Waals surface area contributed by atoms with Crippen molar-refractivity contribution >= 4 is 11.9 Å². The Labute approximate surface area is 99.2 Å². The molecular formula is C11H16N2O4. The fourth-order valence-electron chi connectivity index (χ4n) is 1.57. The molecule has 1 aromatic rings. The van der Waals surface area contributed by atoms with Crippen LogP contribution in [-0.4, -0.2) is 40.6 Å². The van der Waals surface area contributed by atoms with Crippen molar-refractivity contribution < 1.29 is 19.2 Å². The number of carboxylic acids is 1. The predicted octanol–water partition coefficient (Wildman–Crippen LogP) is 0.767. The summed E-state index contributed by atoms with van der Waals surface area (Å²) in [5.74, 6) is -0.512. The van der Waals surface area contributed by atoms with Crippen molar-refractivity contribution in [3.05, 3.63) is 17.0 Å². The van der Waals surface area contributed by atoms with Gasteiger partial charge >= 0.3 is 5.97 Å². The number of carbonyl (C=O) groups excluding carboxylic acids is 1. The van der Waals surface area contributed by atoms with Crippen molar-refractivity contribution in [1.82, 2.24) is 10.1 Å². The van der Waals surface area contributed by atoms with E-state index in [1.165, 1.54) is 11.9 Å². The second-order valence-electron chi connectivity index (χ2n) is 3.95. The van der Waals surface area contributed by atoms with E-state index in [0.717, 1.165) is 11.3 Å². The normalized spacial score (nSPS) is 10.3. The standard InChI is InChI=1S/C11H16N2O4/c1-7-9(8(2)17-12-7)4-5-10(14)13(3)6-11(15)16/h4-6H2,1-3H3,(H,15,16). The van der Waals surface area contributed by atoms with Crippen LogP contribution < -0.4 is 0 Å². The first-order chi connectivity index (χ1) is 7.91. The Bertz CT molecular complexity index is 406. The second kappa shape index (κ2) is 5.47. The van der Waals surface area contributed by atoms with Crippen LogP contribution in [0.2, 0.25) is 0 Å². The number of amides is 1. The molecule has 6 heteroatoms. The number of carbonyl (C=O) groups is 2. The van der Waals surface area contributed by atoms with Crippen LogP contribution in [0.1, 0.15) is 23.4 Å². The molecule has 0 aromatic carbocycles. The molecule has 0 bridgehead atoms. The summed E-state index contributed by atoms with van der Waals surface area (Å²) in [6.07, 6.45) is 0.774. The molecule has 0 aliphatic rings. The van der Waals surface area contributed by atoms with Gasteiger partial charge in [0.1, 0.15) is 12.3 Å². The third kappa shape index (κ3) is 3.58. The Morgan fingerprint density at radius 1 is 1.41 bits per heavy atom. The van der Waals surface area contributed by atoms with Crippen LogP contribution >= 0.6 is 0 Å². The molecule has 0 saturated carbocycles. The number of hydrogen-bond donors (Lipinski definition) is 1. The zero-order valence-electron chi connectivity index (χ0n) is 10.2. The Hall–Kier alpha value is -1.85. The van der Waals surface area contributed by atoms with E-state index >= 15 is 0 Å². The highest BCUT2D eigenvalue weighted by Crippen LogP contribution is 2.14. The summed E-state index contributed by atoms with van der Waals surface area (Å²) in [6, 6.07) is 0. The van der Waals surface area contributed by atoms with Gasteiger partial charge in [0, 0.05) is 19.0 Å². The van der Waals surface area contributed by atoms with Gasteiger partial charge in [0.25, 0.3) is 0 Å². The number of aromatic nitrogens is 1. The van der Waals surface area contributed by atoms with E-state index in [2.05, 4.69) is 5.16 Å². The molecule has 0 aliphatic heterocycles. The molecule has 1 heterocycles. The molecule has 0 atom stereocenters. The summed E-state index contributed by atoms with van der Waals surface area (Å²) >= 11 is 0. The maximum Gasteiger partial charge on any atom is 0.323 e. The van der Waals surface area contributed by atoms with E-state index in [9.17, 15) is 9.59 Å². The lowest BCUT2D eigenvalue weighted by Crippen LogP contribution is -2.32. The van der Waals surface area contributed by atoms with E-state index in [4.69, 9.17) is 9.63 Å². The van der Waals surface area contributed by atoms with E-state index in [-0.39, 0.29) is 18.9 Å². The molecule has 17 heavy (non-hydrogen) atoms. The molecule has 6 nitrogen and oxygen atoms in total. The molecule has 0 fully saturated rings. The van der Waals surface area contributed by atoms with Gasteiger partial charge < -0.3 is 14.5 Å². The van der Waals surface area contributed by atoms with Gasteiger partial charge in [0.05, 0.1) is 5.69 Å². The predicted molar refractivity (Wildman–Crippen MR) is 59.6 cm³/mol. The second-order valence-corrected chi connectivity index (χ2v) is 3.95. The first-order valence-corrected chi connectivity index (χ1v) is 5.29. The Morgan fingerprint density at radius 3 is 2.53 bits per heavy atom. The van der Waals surface area contributed by atoms with Gasteiger partial charge in [-0.3, -0.25) is 9.59 Å². The number of hydrogen-bond acceptors (Lipinski definition) is 4. The van der Waals surface area contributed by atoms with Crippen molar-refractivity contribution in [2.75, 3.05) is 13.6 Å². The smallest absolute Gasteiger partial charge is 0.323 e. The molecule has 0 spiro atoms. The van der Waals surface area contributed by atoms with Gasteiger partial charge in [-0.05, 0) is 20.3 Å². The minimum absolute atomic E-state index is 0.201. The Kier molecular flexibility index (Phi) is 4.25. The van der Waals surface area contributed by atoms with Crippen molar-refractivity contribution in [3.8, 4) is 0 Å². The summed E-state index contributed by atoms with van der Waals surface area (Å²) in [5, 5.41) is 12.3. The Morgan fingerprint density at radius 2 is 2.06 bits per heavy atom. The topological polar surface area (TPSA) is 83.6 Å². The van der Waals surface area contributed by atoms with E-state index in [1.54, 1.807) is 6.92 Å². The van der Waals surface area contributed by atoms with Crippen LogP contribution in [0.5, 0.6) is 0 Å². The molecule has 1 N–H and O–H groups in total. The summed E-state index contributed by atoms with van der Waals surface area (Å²) in [6.45, 7) is 3.33. The molecule has 0 saturated heterocycles. The maximum absolute atomic E-state index is 11.6. The van der Waals surface area contributed by atoms with E-state index in [0.29, 0.717) is 12.2 Å². The molecule has 94 valence electrons. The largest absolute Gasteiger partial charge is 0.480 e. The highest BCUT2D eigenvalue weighted by atomic mass is 16.5. The molecule has 1 aromatic heterocycles. The van der Waals surface area contributed by atoms with Crippen LogP contribution in [0.15, 0.2) is 4.52 Å². The van der Waals surface area contributed by atoms with Crippen LogP contribution in [0.25, 0.3) is 0 Å². The molecule has 1 rings (SSSR count). The highest BCUT2D eigenvalue weighted by Gasteiger charge is 2.15. The third-order valence-corrected chi connectivity index (χ3v) is 2.57. The number of likely N-dealkylation sites (N-methyl/N-ethyl adjacent to an activating group) is 1. The van der Waals surface area contributed by atoms with Gasteiger partial charge in [-0.2, -0.15) is 0 Å².